The van der Waals surface area contributed by atoms with Crippen LogP contribution in [0.3, 0.4) is 0 Å². The Morgan fingerprint density at radius 1 is 0.321 bits per heavy atom. The van der Waals surface area contributed by atoms with Gasteiger partial charge in [-0.05, 0) is 63.4 Å². The van der Waals surface area contributed by atoms with E-state index in [1.165, 1.54) is 43.7 Å². The summed E-state index contributed by atoms with van der Waals surface area (Å²) in [5.74, 6) is 1.93. The molecule has 248 valence electrons. The Labute approximate surface area is 307 Å². The second kappa shape index (κ2) is 12.9. The zero-order valence-electron chi connectivity index (χ0n) is 28.8. The van der Waals surface area contributed by atoms with Gasteiger partial charge in [0.1, 0.15) is 0 Å². The van der Waals surface area contributed by atoms with Crippen LogP contribution >= 0.6 is 0 Å². The quantitative estimate of drug-likeness (QED) is 0.176. The third-order valence-electron chi connectivity index (χ3n) is 10.1. The lowest BCUT2D eigenvalue weighted by Crippen LogP contribution is -2.01. The molecule has 0 unspecified atom stereocenters. The largest absolute Gasteiger partial charge is 0.309 e. The molecule has 0 fully saturated rings. The fourth-order valence-corrected chi connectivity index (χ4v) is 7.64. The van der Waals surface area contributed by atoms with Crippen molar-refractivity contribution >= 4 is 32.6 Å². The van der Waals surface area contributed by atoms with Crippen LogP contribution in [0, 0.1) is 0 Å². The van der Waals surface area contributed by atoms with Crippen molar-refractivity contribution < 1.29 is 0 Å². The Bertz CT molecular complexity index is 2870. The van der Waals surface area contributed by atoms with E-state index in [0.29, 0.717) is 17.5 Å². The summed E-state index contributed by atoms with van der Waals surface area (Å²) in [6, 6.07) is 68.1. The summed E-state index contributed by atoms with van der Waals surface area (Å²) < 4.78 is 2.36. The van der Waals surface area contributed by atoms with Gasteiger partial charge in [0.05, 0.1) is 11.0 Å². The number of nitrogens with zero attached hydrogens (tertiary/aromatic N) is 4. The van der Waals surface area contributed by atoms with Crippen molar-refractivity contribution in [1.82, 2.24) is 19.5 Å². The van der Waals surface area contributed by atoms with Gasteiger partial charge >= 0.3 is 0 Å². The Morgan fingerprint density at radius 3 is 1.55 bits per heavy atom. The fraction of sp³-hybridized carbons (Fsp3) is 0. The van der Waals surface area contributed by atoms with Gasteiger partial charge in [0.2, 0.25) is 0 Å². The molecule has 10 rings (SSSR count). The summed E-state index contributed by atoms with van der Waals surface area (Å²) in [6.07, 6.45) is 0. The van der Waals surface area contributed by atoms with Crippen molar-refractivity contribution in [3.63, 3.8) is 0 Å². The second-order valence-electron chi connectivity index (χ2n) is 13.2. The molecule has 8 aromatic carbocycles. The van der Waals surface area contributed by atoms with Crippen LogP contribution in [0.4, 0.5) is 0 Å². The van der Waals surface area contributed by atoms with Gasteiger partial charge in [-0.2, -0.15) is 0 Å². The van der Waals surface area contributed by atoms with E-state index in [9.17, 15) is 0 Å². The van der Waals surface area contributed by atoms with E-state index in [0.717, 1.165) is 33.5 Å². The van der Waals surface area contributed by atoms with Gasteiger partial charge in [-0.15, -0.1) is 0 Å². The first-order chi connectivity index (χ1) is 26.3. The van der Waals surface area contributed by atoms with E-state index in [1.54, 1.807) is 0 Å². The van der Waals surface area contributed by atoms with E-state index >= 15 is 0 Å². The van der Waals surface area contributed by atoms with Gasteiger partial charge in [0.25, 0.3) is 0 Å². The molecular formula is C49H32N4. The summed E-state index contributed by atoms with van der Waals surface area (Å²) in [6.45, 7) is 0. The van der Waals surface area contributed by atoms with Crippen molar-refractivity contribution in [2.45, 2.75) is 0 Å². The number of fused-ring (bicyclic) bond motifs is 4. The molecule has 0 aliphatic rings. The Kier molecular flexibility index (Phi) is 7.43. The SMILES string of the molecule is c1ccc(-c2nc(-c3ccccc3)nc(-c3ccccc3-c3cccc4cccc(-c5ccc6c(c5)c5ccccc5n6-c5ccccc5)c34)n2)cc1. The molecule has 10 aromatic rings. The van der Waals surface area contributed by atoms with Crippen molar-refractivity contribution in [2.24, 2.45) is 0 Å². The van der Waals surface area contributed by atoms with Crippen molar-refractivity contribution in [1.29, 1.82) is 0 Å². The van der Waals surface area contributed by atoms with Gasteiger partial charge in [-0.25, -0.2) is 15.0 Å². The summed E-state index contributed by atoms with van der Waals surface area (Å²) in [5.41, 5.74) is 10.9. The average molecular weight is 677 g/mol. The number of para-hydroxylation sites is 2. The van der Waals surface area contributed by atoms with Gasteiger partial charge < -0.3 is 4.57 Å². The Hall–Kier alpha value is -7.17. The van der Waals surface area contributed by atoms with Crippen molar-refractivity contribution in [3.05, 3.63) is 194 Å². The predicted molar refractivity (Wildman–Crippen MR) is 219 cm³/mol. The number of hydrogen-bond donors (Lipinski definition) is 0. The van der Waals surface area contributed by atoms with Gasteiger partial charge in [0.15, 0.2) is 17.5 Å². The van der Waals surface area contributed by atoms with Gasteiger partial charge in [-0.1, -0.05) is 164 Å². The molecule has 0 saturated carbocycles. The fourth-order valence-electron chi connectivity index (χ4n) is 7.64. The van der Waals surface area contributed by atoms with Crippen molar-refractivity contribution in [2.75, 3.05) is 0 Å². The first-order valence-electron chi connectivity index (χ1n) is 17.9. The molecule has 4 nitrogen and oxygen atoms in total. The molecule has 0 aliphatic heterocycles. The molecule has 2 heterocycles. The van der Waals surface area contributed by atoms with E-state index in [2.05, 4.69) is 138 Å². The smallest absolute Gasteiger partial charge is 0.164 e. The number of rotatable bonds is 6. The molecule has 0 radical (unpaired) electrons. The van der Waals surface area contributed by atoms with E-state index in [-0.39, 0.29) is 0 Å². The summed E-state index contributed by atoms with van der Waals surface area (Å²) >= 11 is 0. The zero-order valence-corrected chi connectivity index (χ0v) is 28.8. The molecular weight excluding hydrogens is 645 g/mol. The topological polar surface area (TPSA) is 43.6 Å². The Morgan fingerprint density at radius 2 is 0.849 bits per heavy atom. The highest BCUT2D eigenvalue weighted by atomic mass is 15.0. The van der Waals surface area contributed by atoms with Crippen LogP contribution in [0.1, 0.15) is 0 Å². The normalized spacial score (nSPS) is 11.4. The Balaban J connectivity index is 1.18. The van der Waals surface area contributed by atoms with Crippen LogP contribution in [-0.4, -0.2) is 19.5 Å². The molecule has 0 aliphatic carbocycles. The molecule has 0 atom stereocenters. The molecule has 53 heavy (non-hydrogen) atoms. The second-order valence-corrected chi connectivity index (χ2v) is 13.2. The zero-order chi connectivity index (χ0) is 35.1. The van der Waals surface area contributed by atoms with Gasteiger partial charge in [0, 0.05) is 33.2 Å². The minimum absolute atomic E-state index is 0.637. The van der Waals surface area contributed by atoms with Crippen LogP contribution in [0.5, 0.6) is 0 Å². The third kappa shape index (κ3) is 5.36. The molecule has 0 saturated heterocycles. The van der Waals surface area contributed by atoms with Crippen LogP contribution in [0.25, 0.3) is 94.7 Å². The molecule has 4 heteroatoms. The highest BCUT2D eigenvalue weighted by molar-refractivity contribution is 6.13. The average Bonchev–Trinajstić information content (AvgIpc) is 3.58. The monoisotopic (exact) mass is 676 g/mol. The van der Waals surface area contributed by atoms with Crippen LogP contribution in [0.15, 0.2) is 194 Å². The van der Waals surface area contributed by atoms with E-state index in [4.69, 9.17) is 15.0 Å². The summed E-state index contributed by atoms with van der Waals surface area (Å²) in [4.78, 5) is 15.2. The molecule has 0 amide bonds. The van der Waals surface area contributed by atoms with Crippen LogP contribution in [0.2, 0.25) is 0 Å². The predicted octanol–water partition coefficient (Wildman–Crippen LogP) is 12.5. The lowest BCUT2D eigenvalue weighted by molar-refractivity contribution is 1.07. The van der Waals surface area contributed by atoms with Crippen LogP contribution < -0.4 is 0 Å². The highest BCUT2D eigenvalue weighted by Gasteiger charge is 2.19. The van der Waals surface area contributed by atoms with Crippen molar-refractivity contribution in [3.8, 4) is 62.1 Å². The first kappa shape index (κ1) is 30.6. The minimum Gasteiger partial charge on any atom is -0.309 e. The van der Waals surface area contributed by atoms with E-state index < -0.39 is 0 Å². The summed E-state index contributed by atoms with van der Waals surface area (Å²) in [7, 11) is 0. The third-order valence-corrected chi connectivity index (χ3v) is 10.1. The van der Waals surface area contributed by atoms with Crippen LogP contribution in [-0.2, 0) is 0 Å². The molecule has 0 spiro atoms. The standard InChI is InChI=1S/C49H32N4/c1-4-16-34(17-5-1)47-50-48(35-18-6-2-7-19-35)52-49(51-47)42-26-11-10-24-39(42)41-28-15-21-33-20-14-27-38(46(33)41)36-30-31-45-43(32-36)40-25-12-13-29-44(40)53(45)37-22-8-3-9-23-37/h1-32H. The lowest BCUT2D eigenvalue weighted by Gasteiger charge is -2.16. The first-order valence-corrected chi connectivity index (χ1v) is 17.9. The number of benzene rings is 8. The van der Waals surface area contributed by atoms with Gasteiger partial charge in [-0.3, -0.25) is 0 Å². The number of hydrogen-bond acceptors (Lipinski definition) is 3. The maximum Gasteiger partial charge on any atom is 0.164 e. The number of aromatic nitrogens is 4. The summed E-state index contributed by atoms with van der Waals surface area (Å²) in [5, 5.41) is 4.82. The molecule has 0 bridgehead atoms. The maximum absolute atomic E-state index is 5.11. The lowest BCUT2D eigenvalue weighted by atomic mass is 9.89. The maximum atomic E-state index is 5.11. The molecule has 0 N–H and O–H groups in total. The van der Waals surface area contributed by atoms with E-state index in [1.807, 2.05) is 60.7 Å². The highest BCUT2D eigenvalue weighted by Crippen LogP contribution is 2.42. The molecule has 2 aromatic heterocycles. The minimum atomic E-state index is 0.637.